The third-order valence-electron chi connectivity index (χ3n) is 15.3. The van der Waals surface area contributed by atoms with Gasteiger partial charge in [0.05, 0.1) is 66.9 Å². The van der Waals surface area contributed by atoms with Gasteiger partial charge in [0.1, 0.15) is 17.2 Å². The van der Waals surface area contributed by atoms with Crippen molar-refractivity contribution in [3.8, 4) is 39.9 Å². The maximum absolute atomic E-state index is 12.7. The van der Waals surface area contributed by atoms with Crippen molar-refractivity contribution in [3.63, 3.8) is 0 Å². The molecule has 7 nitrogen and oxygen atoms in total. The van der Waals surface area contributed by atoms with Crippen LogP contribution >= 0.6 is 0 Å². The molecule has 10 aromatic carbocycles. The van der Waals surface area contributed by atoms with Gasteiger partial charge in [-0.2, -0.15) is 5.26 Å². The number of rotatable bonds is 5. The summed E-state index contributed by atoms with van der Waals surface area (Å²) in [4.78, 5) is 4.69. The summed E-state index contributed by atoms with van der Waals surface area (Å²) in [5, 5.41) is 23.5. The number of aromatic nitrogens is 5. The number of para-hydroxylation sites is 8. The van der Waals surface area contributed by atoms with Crippen molar-refractivity contribution in [3.05, 3.63) is 236 Å². The average molecular weight is 931 g/mol. The first-order valence-corrected chi connectivity index (χ1v) is 24.6. The first-order chi connectivity index (χ1) is 36.2. The minimum atomic E-state index is 0.518. The summed E-state index contributed by atoms with van der Waals surface area (Å²) >= 11 is 0. The van der Waals surface area contributed by atoms with Crippen LogP contribution in [0.15, 0.2) is 235 Å². The van der Waals surface area contributed by atoms with Crippen molar-refractivity contribution in [2.45, 2.75) is 0 Å². The average Bonchev–Trinajstić information content (AvgIpc) is 4.29. The molecule has 0 spiro atoms. The van der Waals surface area contributed by atoms with Gasteiger partial charge >= 0.3 is 0 Å². The summed E-state index contributed by atoms with van der Waals surface area (Å²) in [5.74, 6) is 0. The van der Waals surface area contributed by atoms with Crippen LogP contribution in [0.1, 0.15) is 5.56 Å². The van der Waals surface area contributed by atoms with Gasteiger partial charge in [0.25, 0.3) is 0 Å². The molecule has 0 aliphatic carbocycles. The number of pyridine rings is 1. The molecule has 0 aliphatic rings. The normalized spacial score (nSPS) is 12.1. The summed E-state index contributed by atoms with van der Waals surface area (Å²) < 4.78 is 16.3. The van der Waals surface area contributed by atoms with E-state index in [-0.39, 0.29) is 0 Å². The Kier molecular flexibility index (Phi) is 8.11. The molecule has 6 aromatic heterocycles. The standard InChI is InChI=1S/C66H38N6O/c67-39-51-62(69-52-27-9-1-18-41(52)42-19-2-10-28-53(42)69)64(71-56-31-13-5-22-45(56)46-23-6-14-32-57(46)71)61(40-35-36-49-50-26-17-37-68-66(50)73-60(49)38-40)65(72-58-33-15-7-24-47(58)48-25-8-16-34-59(48)72)63(51)70-54-29-11-3-20-43(54)44-21-4-12-30-55(44)70/h1-38H. The fraction of sp³-hybridized carbons (Fsp3) is 0. The minimum absolute atomic E-state index is 0.518. The van der Waals surface area contributed by atoms with Crippen molar-refractivity contribution in [2.75, 3.05) is 0 Å². The Morgan fingerprint density at radius 1 is 0.329 bits per heavy atom. The summed E-state index contributed by atoms with van der Waals surface area (Å²) in [6.07, 6.45) is 1.78. The number of benzene rings is 10. The third-order valence-corrected chi connectivity index (χ3v) is 15.3. The molecular weight excluding hydrogens is 893 g/mol. The predicted octanol–water partition coefficient (Wildman–Crippen LogP) is 16.9. The fourth-order valence-electron chi connectivity index (χ4n) is 12.4. The topological polar surface area (TPSA) is 69.5 Å². The van der Waals surface area contributed by atoms with Gasteiger partial charge in [0.2, 0.25) is 5.71 Å². The van der Waals surface area contributed by atoms with Crippen molar-refractivity contribution in [1.82, 2.24) is 23.3 Å². The number of hydrogen-bond acceptors (Lipinski definition) is 3. The lowest BCUT2D eigenvalue weighted by molar-refractivity contribution is 0.654. The molecule has 338 valence electrons. The molecule has 6 heterocycles. The minimum Gasteiger partial charge on any atom is -0.438 e. The van der Waals surface area contributed by atoms with E-state index < -0.39 is 0 Å². The molecule has 0 saturated heterocycles. The summed E-state index contributed by atoms with van der Waals surface area (Å²) in [5.41, 5.74) is 14.9. The number of hydrogen-bond donors (Lipinski definition) is 0. The molecule has 0 amide bonds. The van der Waals surface area contributed by atoms with Crippen LogP contribution in [0.25, 0.3) is 143 Å². The van der Waals surface area contributed by atoms with Gasteiger partial charge < -0.3 is 22.7 Å². The summed E-state index contributed by atoms with van der Waals surface area (Å²) in [6.45, 7) is 0. The monoisotopic (exact) mass is 930 g/mol. The second kappa shape index (κ2) is 14.9. The zero-order valence-corrected chi connectivity index (χ0v) is 39.0. The third kappa shape index (κ3) is 5.33. The van der Waals surface area contributed by atoms with E-state index in [4.69, 9.17) is 9.40 Å². The smallest absolute Gasteiger partial charge is 0.227 e. The zero-order valence-electron chi connectivity index (χ0n) is 39.0. The van der Waals surface area contributed by atoms with Crippen LogP contribution in [0.5, 0.6) is 0 Å². The molecule has 0 saturated carbocycles. The second-order valence-corrected chi connectivity index (χ2v) is 18.9. The Balaban J connectivity index is 1.27. The quantitative estimate of drug-likeness (QED) is 0.173. The van der Waals surface area contributed by atoms with Gasteiger partial charge in [0, 0.05) is 65.6 Å². The lowest BCUT2D eigenvalue weighted by atomic mass is 9.93. The van der Waals surface area contributed by atoms with E-state index in [1.807, 2.05) is 6.07 Å². The lowest BCUT2D eigenvalue weighted by Gasteiger charge is -2.29. The number of furan rings is 1. The summed E-state index contributed by atoms with van der Waals surface area (Å²) in [6, 6.07) is 82.8. The Bertz CT molecular complexity index is 4600. The molecule has 0 aliphatic heterocycles. The Hall–Kier alpha value is -10.2. The molecule has 16 rings (SSSR count). The van der Waals surface area contributed by atoms with Gasteiger partial charge in [-0.05, 0) is 78.4 Å². The summed E-state index contributed by atoms with van der Waals surface area (Å²) in [7, 11) is 0. The van der Waals surface area contributed by atoms with Gasteiger partial charge in [-0.3, -0.25) is 0 Å². The molecule has 7 heteroatoms. The van der Waals surface area contributed by atoms with Gasteiger partial charge in [-0.25, -0.2) is 4.98 Å². The van der Waals surface area contributed by atoms with E-state index in [1.165, 1.54) is 0 Å². The lowest BCUT2D eigenvalue weighted by Crippen LogP contribution is -2.16. The van der Waals surface area contributed by atoms with E-state index in [2.05, 4.69) is 243 Å². The Morgan fingerprint density at radius 2 is 0.644 bits per heavy atom. The van der Waals surface area contributed by atoms with Crippen molar-refractivity contribution < 1.29 is 4.42 Å². The maximum atomic E-state index is 12.7. The first kappa shape index (κ1) is 39.7. The van der Waals surface area contributed by atoms with Gasteiger partial charge in [-0.15, -0.1) is 0 Å². The van der Waals surface area contributed by atoms with Gasteiger partial charge in [-0.1, -0.05) is 152 Å². The SMILES string of the molecule is N#Cc1c(-n2c3ccccc3c3ccccc32)c(-n2c3ccccc3c3ccccc32)c(-c2ccc3c(c2)oc2ncccc23)c(-n2c3ccccc3c3ccccc32)c1-n1c2ccccc2c2ccccc21. The highest BCUT2D eigenvalue weighted by molar-refractivity contribution is 6.17. The van der Waals surface area contributed by atoms with Gasteiger partial charge in [0.15, 0.2) is 0 Å². The highest BCUT2D eigenvalue weighted by Gasteiger charge is 2.35. The van der Waals surface area contributed by atoms with Crippen LogP contribution in [0.2, 0.25) is 0 Å². The van der Waals surface area contributed by atoms with E-state index in [9.17, 15) is 5.26 Å². The molecule has 0 atom stereocenters. The first-order valence-electron chi connectivity index (χ1n) is 24.6. The van der Waals surface area contributed by atoms with E-state index in [1.54, 1.807) is 6.20 Å². The molecule has 0 N–H and O–H groups in total. The van der Waals surface area contributed by atoms with E-state index in [0.717, 1.165) is 132 Å². The van der Waals surface area contributed by atoms with Crippen LogP contribution in [0, 0.1) is 11.3 Å². The molecule has 0 fully saturated rings. The Labute approximate surface area is 416 Å². The molecule has 16 aromatic rings. The predicted molar refractivity (Wildman–Crippen MR) is 299 cm³/mol. The molecule has 0 bridgehead atoms. The largest absolute Gasteiger partial charge is 0.438 e. The second-order valence-electron chi connectivity index (χ2n) is 18.9. The molecule has 0 unspecified atom stereocenters. The zero-order chi connectivity index (χ0) is 47.9. The highest BCUT2D eigenvalue weighted by atomic mass is 16.3. The van der Waals surface area contributed by atoms with Crippen LogP contribution in [0.4, 0.5) is 0 Å². The van der Waals surface area contributed by atoms with Crippen LogP contribution in [0.3, 0.4) is 0 Å². The van der Waals surface area contributed by atoms with E-state index in [0.29, 0.717) is 16.9 Å². The van der Waals surface area contributed by atoms with Crippen molar-refractivity contribution in [2.24, 2.45) is 0 Å². The van der Waals surface area contributed by atoms with Crippen LogP contribution in [-0.2, 0) is 0 Å². The highest BCUT2D eigenvalue weighted by Crippen LogP contribution is 2.52. The number of fused-ring (bicyclic) bond motifs is 15. The number of nitrogens with zero attached hydrogens (tertiary/aromatic N) is 6. The van der Waals surface area contributed by atoms with Crippen LogP contribution < -0.4 is 0 Å². The molecular formula is C66H38N6O. The van der Waals surface area contributed by atoms with Crippen molar-refractivity contribution in [1.29, 1.82) is 5.26 Å². The molecule has 0 radical (unpaired) electrons. The fourth-order valence-corrected chi connectivity index (χ4v) is 12.4. The maximum Gasteiger partial charge on any atom is 0.227 e. The molecule has 73 heavy (non-hydrogen) atoms. The van der Waals surface area contributed by atoms with Crippen molar-refractivity contribution >= 4 is 109 Å². The van der Waals surface area contributed by atoms with E-state index >= 15 is 0 Å². The van der Waals surface area contributed by atoms with Crippen LogP contribution in [-0.4, -0.2) is 23.3 Å². The number of nitriles is 1. The Morgan fingerprint density at radius 3 is 0.986 bits per heavy atom.